The van der Waals surface area contributed by atoms with E-state index in [1.165, 1.54) is 16.3 Å². The first-order valence-corrected chi connectivity index (χ1v) is 7.39. The zero-order chi connectivity index (χ0) is 13.6. The molecule has 1 atom stereocenters. The molecule has 2 aromatic carbocycles. The van der Waals surface area contributed by atoms with Crippen LogP contribution in [0.5, 0.6) is 0 Å². The van der Waals surface area contributed by atoms with Crippen LogP contribution in [0, 0.1) is 0 Å². The van der Waals surface area contributed by atoms with Crippen molar-refractivity contribution in [3.05, 3.63) is 71.3 Å². The zero-order valence-corrected chi connectivity index (χ0v) is 11.5. The van der Waals surface area contributed by atoms with Gasteiger partial charge in [-0.15, -0.1) is 0 Å². The van der Waals surface area contributed by atoms with Crippen molar-refractivity contribution in [3.8, 4) is 0 Å². The Morgan fingerprint density at radius 3 is 2.80 bits per heavy atom. The van der Waals surface area contributed by atoms with Crippen molar-refractivity contribution in [1.82, 2.24) is 0 Å². The van der Waals surface area contributed by atoms with Crippen molar-refractivity contribution in [3.63, 3.8) is 0 Å². The lowest BCUT2D eigenvalue weighted by atomic mass is 9.74. The monoisotopic (exact) mass is 262 g/mol. The number of fused-ring (bicyclic) bond motifs is 1. The molecular formula is C19H18O. The second kappa shape index (κ2) is 4.32. The minimum Gasteiger partial charge on any atom is -0.380 e. The van der Waals surface area contributed by atoms with E-state index in [1.54, 1.807) is 0 Å². The number of benzene rings is 2. The molecule has 0 aromatic heterocycles. The molecule has 0 heterocycles. The third-order valence-electron chi connectivity index (χ3n) is 4.73. The molecule has 0 fully saturated rings. The summed E-state index contributed by atoms with van der Waals surface area (Å²) in [5.74, 6) is 0. The fourth-order valence-corrected chi connectivity index (χ4v) is 3.77. The van der Waals surface area contributed by atoms with Gasteiger partial charge in [0.1, 0.15) is 5.60 Å². The van der Waals surface area contributed by atoms with Crippen molar-refractivity contribution < 1.29 is 5.11 Å². The Balaban J connectivity index is 1.98. The maximum Gasteiger partial charge on any atom is 0.115 e. The highest BCUT2D eigenvalue weighted by Crippen LogP contribution is 2.47. The molecule has 4 rings (SSSR count). The Morgan fingerprint density at radius 1 is 1.00 bits per heavy atom. The summed E-state index contributed by atoms with van der Waals surface area (Å²) < 4.78 is 0. The van der Waals surface area contributed by atoms with Gasteiger partial charge >= 0.3 is 0 Å². The van der Waals surface area contributed by atoms with Crippen LogP contribution in [0.4, 0.5) is 0 Å². The number of hydrogen-bond donors (Lipinski definition) is 1. The van der Waals surface area contributed by atoms with Crippen LogP contribution in [0.1, 0.15) is 31.2 Å². The second-order valence-electron chi connectivity index (χ2n) is 5.86. The maximum atomic E-state index is 11.4. The first-order valence-electron chi connectivity index (χ1n) is 7.39. The zero-order valence-electron chi connectivity index (χ0n) is 11.5. The van der Waals surface area contributed by atoms with E-state index in [9.17, 15) is 5.11 Å². The van der Waals surface area contributed by atoms with Gasteiger partial charge in [0.05, 0.1) is 0 Å². The summed E-state index contributed by atoms with van der Waals surface area (Å²) in [6, 6.07) is 14.6. The maximum absolute atomic E-state index is 11.4. The summed E-state index contributed by atoms with van der Waals surface area (Å²) in [6.45, 7) is 0. The number of aliphatic hydroxyl groups is 1. The molecule has 2 aliphatic rings. The average molecular weight is 262 g/mol. The van der Waals surface area contributed by atoms with Crippen molar-refractivity contribution in [1.29, 1.82) is 0 Å². The van der Waals surface area contributed by atoms with Gasteiger partial charge in [-0.3, -0.25) is 0 Å². The van der Waals surface area contributed by atoms with Gasteiger partial charge in [-0.25, -0.2) is 0 Å². The molecule has 20 heavy (non-hydrogen) atoms. The van der Waals surface area contributed by atoms with Crippen LogP contribution in [0.3, 0.4) is 0 Å². The molecule has 0 saturated heterocycles. The van der Waals surface area contributed by atoms with Gasteiger partial charge in [0.2, 0.25) is 0 Å². The fraction of sp³-hybridized carbons (Fsp3) is 0.263. The summed E-state index contributed by atoms with van der Waals surface area (Å²) in [5.41, 5.74) is 2.84. The third kappa shape index (κ3) is 1.60. The molecule has 2 aromatic rings. The molecule has 1 nitrogen and oxygen atoms in total. The Bertz CT molecular complexity index is 733. The fourth-order valence-electron chi connectivity index (χ4n) is 3.77. The Kier molecular flexibility index (Phi) is 2.58. The molecule has 0 amide bonds. The Labute approximate surface area is 119 Å². The number of rotatable bonds is 1. The molecule has 0 saturated carbocycles. The van der Waals surface area contributed by atoms with Crippen LogP contribution in [-0.4, -0.2) is 5.11 Å². The SMILES string of the molecule is OC1(c2cccc3ccccc23)CCCC2=C1C=CC2. The van der Waals surface area contributed by atoms with Gasteiger partial charge < -0.3 is 5.11 Å². The molecule has 1 unspecified atom stereocenters. The highest BCUT2D eigenvalue weighted by molar-refractivity contribution is 5.87. The van der Waals surface area contributed by atoms with Gasteiger partial charge in [0, 0.05) is 0 Å². The van der Waals surface area contributed by atoms with Crippen LogP contribution < -0.4 is 0 Å². The molecule has 0 radical (unpaired) electrons. The van der Waals surface area contributed by atoms with Crippen LogP contribution in [0.2, 0.25) is 0 Å². The number of hydrogen-bond acceptors (Lipinski definition) is 1. The molecule has 100 valence electrons. The van der Waals surface area contributed by atoms with E-state index in [0.717, 1.165) is 36.8 Å². The van der Waals surface area contributed by atoms with Gasteiger partial charge in [0.15, 0.2) is 0 Å². The van der Waals surface area contributed by atoms with Crippen molar-refractivity contribution >= 4 is 10.8 Å². The molecule has 0 bridgehead atoms. The smallest absolute Gasteiger partial charge is 0.115 e. The van der Waals surface area contributed by atoms with Crippen LogP contribution in [-0.2, 0) is 5.60 Å². The van der Waals surface area contributed by atoms with Gasteiger partial charge in [-0.05, 0) is 47.6 Å². The van der Waals surface area contributed by atoms with E-state index in [4.69, 9.17) is 0 Å². The summed E-state index contributed by atoms with van der Waals surface area (Å²) in [6.07, 6.45) is 8.37. The minimum atomic E-state index is -0.804. The minimum absolute atomic E-state index is 0.804. The first-order chi connectivity index (χ1) is 9.79. The molecule has 2 aliphatic carbocycles. The van der Waals surface area contributed by atoms with E-state index in [0.29, 0.717) is 0 Å². The third-order valence-corrected chi connectivity index (χ3v) is 4.73. The van der Waals surface area contributed by atoms with Crippen molar-refractivity contribution in [2.45, 2.75) is 31.3 Å². The molecule has 0 spiro atoms. The summed E-state index contributed by atoms with van der Waals surface area (Å²) >= 11 is 0. The molecular weight excluding hydrogens is 244 g/mol. The topological polar surface area (TPSA) is 20.2 Å². The lowest BCUT2D eigenvalue weighted by molar-refractivity contribution is 0.0629. The lowest BCUT2D eigenvalue weighted by Crippen LogP contribution is -2.30. The van der Waals surface area contributed by atoms with Gasteiger partial charge in [0.25, 0.3) is 0 Å². The summed E-state index contributed by atoms with van der Waals surface area (Å²) in [7, 11) is 0. The van der Waals surface area contributed by atoms with E-state index in [1.807, 2.05) is 0 Å². The number of allylic oxidation sites excluding steroid dienone is 2. The highest BCUT2D eigenvalue weighted by atomic mass is 16.3. The molecule has 0 aliphatic heterocycles. The van der Waals surface area contributed by atoms with E-state index in [2.05, 4.69) is 54.6 Å². The van der Waals surface area contributed by atoms with E-state index in [-0.39, 0.29) is 0 Å². The highest BCUT2D eigenvalue weighted by Gasteiger charge is 2.38. The van der Waals surface area contributed by atoms with Crippen molar-refractivity contribution in [2.75, 3.05) is 0 Å². The Hall–Kier alpha value is -1.86. The van der Waals surface area contributed by atoms with Gasteiger partial charge in [-0.1, -0.05) is 60.2 Å². The van der Waals surface area contributed by atoms with Crippen LogP contribution >= 0.6 is 0 Å². The Morgan fingerprint density at radius 2 is 1.85 bits per heavy atom. The van der Waals surface area contributed by atoms with Gasteiger partial charge in [-0.2, -0.15) is 0 Å². The lowest BCUT2D eigenvalue weighted by Gasteiger charge is -2.35. The molecule has 1 heteroatoms. The predicted molar refractivity (Wildman–Crippen MR) is 82.5 cm³/mol. The second-order valence-corrected chi connectivity index (χ2v) is 5.86. The van der Waals surface area contributed by atoms with E-state index >= 15 is 0 Å². The van der Waals surface area contributed by atoms with Crippen LogP contribution in [0.15, 0.2) is 65.8 Å². The normalized spacial score (nSPS) is 25.2. The standard InChI is InChI=1S/C19H18O/c20-19(13-5-9-15-8-4-11-17(15)19)18-12-3-7-14-6-1-2-10-16(14)18/h1-4,6-7,10-12,20H,5,8-9,13H2. The van der Waals surface area contributed by atoms with E-state index < -0.39 is 5.60 Å². The summed E-state index contributed by atoms with van der Waals surface area (Å²) in [5, 5.41) is 13.8. The molecule has 1 N–H and O–H groups in total. The largest absolute Gasteiger partial charge is 0.380 e. The van der Waals surface area contributed by atoms with Crippen LogP contribution in [0.25, 0.3) is 10.8 Å². The summed E-state index contributed by atoms with van der Waals surface area (Å²) in [4.78, 5) is 0. The predicted octanol–water partition coefficient (Wildman–Crippen LogP) is 4.47. The quantitative estimate of drug-likeness (QED) is 0.804. The average Bonchev–Trinajstić information content (AvgIpc) is 2.97. The van der Waals surface area contributed by atoms with Crippen molar-refractivity contribution in [2.24, 2.45) is 0 Å². The first kappa shape index (κ1) is 11.9.